The van der Waals surface area contributed by atoms with E-state index in [0.29, 0.717) is 10.6 Å². The highest BCUT2D eigenvalue weighted by molar-refractivity contribution is 7.91. The molecule has 0 amide bonds. The average Bonchev–Trinajstić information content (AvgIpc) is 2.88. The number of aromatic nitrogens is 1. The zero-order valence-electron chi connectivity index (χ0n) is 9.91. The van der Waals surface area contributed by atoms with E-state index in [1.165, 1.54) is 5.51 Å². The number of carboxylic acids is 1. The van der Waals surface area contributed by atoms with E-state index >= 15 is 0 Å². The minimum Gasteiger partial charge on any atom is -0.476 e. The van der Waals surface area contributed by atoms with E-state index in [9.17, 15) is 13.2 Å². The van der Waals surface area contributed by atoms with Gasteiger partial charge in [0, 0.05) is 11.6 Å². The van der Waals surface area contributed by atoms with Gasteiger partial charge < -0.3 is 5.11 Å². The van der Waals surface area contributed by atoms with Crippen LogP contribution in [0.25, 0.3) is 0 Å². The lowest BCUT2D eigenvalue weighted by molar-refractivity contribution is 0.0687. The molecule has 2 rings (SSSR count). The largest absolute Gasteiger partial charge is 0.476 e. The molecule has 6 nitrogen and oxygen atoms in total. The Hall–Kier alpha value is -1.48. The molecule has 0 saturated heterocycles. The number of carbonyl (C=O) groups is 1. The summed E-state index contributed by atoms with van der Waals surface area (Å²) in [5.41, 5.74) is 1.29. The van der Waals surface area contributed by atoms with E-state index in [2.05, 4.69) is 9.71 Å². The summed E-state index contributed by atoms with van der Waals surface area (Å²) in [4.78, 5) is 14.4. The highest BCUT2D eigenvalue weighted by atomic mass is 35.5. The van der Waals surface area contributed by atoms with Crippen molar-refractivity contribution in [2.75, 3.05) is 0 Å². The first-order valence-electron chi connectivity index (χ1n) is 5.31. The Bertz CT molecular complexity index is 742. The van der Waals surface area contributed by atoms with Gasteiger partial charge in [0.15, 0.2) is 9.90 Å². The summed E-state index contributed by atoms with van der Waals surface area (Å²) in [5, 5.41) is 9.31. The minimum atomic E-state index is -3.94. The number of hydrogen-bond acceptors (Lipinski definition) is 5. The second-order valence-electron chi connectivity index (χ2n) is 3.71. The Morgan fingerprint density at radius 3 is 2.75 bits per heavy atom. The summed E-state index contributed by atoms with van der Waals surface area (Å²) in [6.45, 7) is -0.0288. The Morgan fingerprint density at radius 1 is 1.40 bits per heavy atom. The number of nitrogens with one attached hydrogen (secondary N) is 1. The molecular formula is C11H9ClN2O4S2. The zero-order valence-corrected chi connectivity index (χ0v) is 12.3. The first-order valence-corrected chi connectivity index (χ1v) is 8.06. The molecule has 2 aromatic rings. The molecule has 2 N–H and O–H groups in total. The zero-order chi connectivity index (χ0) is 14.8. The second-order valence-corrected chi connectivity index (χ2v) is 6.93. The monoisotopic (exact) mass is 332 g/mol. The standard InChI is InChI=1S/C11H9ClN2O4S2/c12-8-4-2-1-3-7(8)5-14-20(17,18)11-9(10(15)16)13-6-19-11/h1-4,6,14H,5H2,(H,15,16). The van der Waals surface area contributed by atoms with Gasteiger partial charge in [0.05, 0.1) is 5.51 Å². The molecule has 0 radical (unpaired) electrons. The molecule has 1 heterocycles. The highest BCUT2D eigenvalue weighted by Crippen LogP contribution is 2.21. The van der Waals surface area contributed by atoms with Crippen LogP contribution in [-0.2, 0) is 16.6 Å². The number of sulfonamides is 1. The van der Waals surface area contributed by atoms with Gasteiger partial charge in [0.25, 0.3) is 10.0 Å². The molecule has 0 aliphatic carbocycles. The number of hydrogen-bond donors (Lipinski definition) is 2. The predicted octanol–water partition coefficient (Wildman–Crippen LogP) is 1.97. The van der Waals surface area contributed by atoms with Crippen LogP contribution in [-0.4, -0.2) is 24.5 Å². The first-order chi connectivity index (χ1) is 9.42. The van der Waals surface area contributed by atoms with E-state index in [4.69, 9.17) is 16.7 Å². The first kappa shape index (κ1) is 14.9. The van der Waals surface area contributed by atoms with E-state index in [-0.39, 0.29) is 10.8 Å². The van der Waals surface area contributed by atoms with Crippen molar-refractivity contribution in [3.63, 3.8) is 0 Å². The third-order valence-electron chi connectivity index (χ3n) is 2.39. The van der Waals surface area contributed by atoms with Crippen molar-refractivity contribution in [3.8, 4) is 0 Å². The SMILES string of the molecule is O=C(O)c1ncsc1S(=O)(=O)NCc1ccccc1Cl. The van der Waals surface area contributed by atoms with E-state index in [1.54, 1.807) is 24.3 Å². The molecule has 0 atom stereocenters. The quantitative estimate of drug-likeness (QED) is 0.872. The lowest BCUT2D eigenvalue weighted by Gasteiger charge is -2.06. The van der Waals surface area contributed by atoms with Crippen molar-refractivity contribution < 1.29 is 18.3 Å². The van der Waals surface area contributed by atoms with Gasteiger partial charge in [0.2, 0.25) is 0 Å². The fraction of sp³-hybridized carbons (Fsp3) is 0.0909. The molecule has 9 heteroatoms. The normalized spacial score (nSPS) is 11.4. The number of nitrogens with zero attached hydrogens (tertiary/aromatic N) is 1. The van der Waals surface area contributed by atoms with E-state index in [1.807, 2.05) is 0 Å². The van der Waals surface area contributed by atoms with Crippen LogP contribution in [0.4, 0.5) is 0 Å². The van der Waals surface area contributed by atoms with Crippen LogP contribution in [0.5, 0.6) is 0 Å². The van der Waals surface area contributed by atoms with Crippen molar-refractivity contribution in [2.24, 2.45) is 0 Å². The van der Waals surface area contributed by atoms with Gasteiger partial charge in [-0.1, -0.05) is 29.8 Å². The molecule has 0 aliphatic heterocycles. The van der Waals surface area contributed by atoms with Crippen LogP contribution in [0.3, 0.4) is 0 Å². The minimum absolute atomic E-state index is 0.0288. The summed E-state index contributed by atoms with van der Waals surface area (Å²) < 4.78 is 26.1. The molecule has 106 valence electrons. The Balaban J connectivity index is 2.22. The molecule has 0 aliphatic rings. The molecule has 0 saturated carbocycles. The second kappa shape index (κ2) is 5.88. The van der Waals surface area contributed by atoms with Crippen molar-refractivity contribution in [1.29, 1.82) is 0 Å². The van der Waals surface area contributed by atoms with E-state index in [0.717, 1.165) is 11.3 Å². The maximum absolute atomic E-state index is 12.1. The predicted molar refractivity (Wildman–Crippen MR) is 74.6 cm³/mol. The molecule has 0 fully saturated rings. The molecule has 1 aromatic carbocycles. The number of benzene rings is 1. The number of carboxylic acid groups (broad SMARTS) is 1. The van der Waals surface area contributed by atoms with Gasteiger partial charge in [-0.3, -0.25) is 0 Å². The van der Waals surface area contributed by atoms with Gasteiger partial charge in [-0.25, -0.2) is 22.9 Å². The third-order valence-corrected chi connectivity index (χ3v) is 5.53. The van der Waals surface area contributed by atoms with Crippen LogP contribution in [0.1, 0.15) is 16.1 Å². The smallest absolute Gasteiger partial charge is 0.356 e. The summed E-state index contributed by atoms with van der Waals surface area (Å²) in [6, 6.07) is 6.77. The lowest BCUT2D eigenvalue weighted by Crippen LogP contribution is -2.24. The van der Waals surface area contributed by atoms with Gasteiger partial charge in [-0.2, -0.15) is 0 Å². The number of halogens is 1. The Kier molecular flexibility index (Phi) is 4.39. The third kappa shape index (κ3) is 3.15. The van der Waals surface area contributed by atoms with Crippen molar-refractivity contribution in [1.82, 2.24) is 9.71 Å². The summed E-state index contributed by atoms with van der Waals surface area (Å²) in [6.07, 6.45) is 0. The van der Waals surface area contributed by atoms with Crippen molar-refractivity contribution >= 4 is 38.9 Å². The van der Waals surface area contributed by atoms with Gasteiger partial charge >= 0.3 is 5.97 Å². The van der Waals surface area contributed by atoms with Crippen LogP contribution >= 0.6 is 22.9 Å². The van der Waals surface area contributed by atoms with Crippen LogP contribution in [0.2, 0.25) is 5.02 Å². The summed E-state index contributed by atoms with van der Waals surface area (Å²) >= 11 is 6.67. The molecule has 0 unspecified atom stereocenters. The molecule has 20 heavy (non-hydrogen) atoms. The fourth-order valence-corrected chi connectivity index (χ4v) is 3.84. The maximum Gasteiger partial charge on any atom is 0.356 e. The van der Waals surface area contributed by atoms with Gasteiger partial charge in [0.1, 0.15) is 0 Å². The summed E-state index contributed by atoms with van der Waals surface area (Å²) in [5.74, 6) is -1.38. The van der Waals surface area contributed by atoms with Crippen molar-refractivity contribution in [3.05, 3.63) is 46.1 Å². The maximum atomic E-state index is 12.1. The number of rotatable bonds is 5. The van der Waals surface area contributed by atoms with Crippen LogP contribution in [0.15, 0.2) is 34.0 Å². The van der Waals surface area contributed by atoms with Crippen molar-refractivity contribution in [2.45, 2.75) is 10.8 Å². The Morgan fingerprint density at radius 2 is 2.10 bits per heavy atom. The molecular weight excluding hydrogens is 324 g/mol. The fourth-order valence-electron chi connectivity index (χ4n) is 1.45. The Labute approximate surface area is 124 Å². The highest BCUT2D eigenvalue weighted by Gasteiger charge is 2.25. The summed E-state index contributed by atoms with van der Waals surface area (Å²) in [7, 11) is -3.94. The molecule has 0 spiro atoms. The van der Waals surface area contributed by atoms with Crippen LogP contribution < -0.4 is 4.72 Å². The van der Waals surface area contributed by atoms with Gasteiger partial charge in [-0.15, -0.1) is 11.3 Å². The number of aromatic carboxylic acids is 1. The number of thiazole rings is 1. The average molecular weight is 333 g/mol. The topological polar surface area (TPSA) is 96.4 Å². The molecule has 0 bridgehead atoms. The lowest BCUT2D eigenvalue weighted by atomic mass is 10.2. The van der Waals surface area contributed by atoms with Crippen LogP contribution in [0, 0.1) is 0 Å². The van der Waals surface area contributed by atoms with Gasteiger partial charge in [-0.05, 0) is 11.6 Å². The molecule has 1 aromatic heterocycles. The van der Waals surface area contributed by atoms with E-state index < -0.39 is 21.7 Å².